The van der Waals surface area contributed by atoms with Crippen LogP contribution in [-0.4, -0.2) is 18.9 Å². The van der Waals surface area contributed by atoms with Gasteiger partial charge < -0.3 is 4.74 Å². The van der Waals surface area contributed by atoms with Crippen molar-refractivity contribution in [1.82, 2.24) is 0 Å². The predicted octanol–water partition coefficient (Wildman–Crippen LogP) is 1.85. The summed E-state index contributed by atoms with van der Waals surface area (Å²) < 4.78 is 5.31. The van der Waals surface area contributed by atoms with E-state index in [1.165, 1.54) is 7.11 Å². The topological polar surface area (TPSA) is 43.4 Å². The Morgan fingerprint density at radius 3 is 2.77 bits per heavy atom. The van der Waals surface area contributed by atoms with Crippen molar-refractivity contribution in [3.05, 3.63) is 9.66 Å². The molecule has 72 valence electrons. The Hall–Kier alpha value is -0.390. The van der Waals surface area contributed by atoms with E-state index < -0.39 is 5.41 Å². The fraction of sp³-hybridized carbons (Fsp3) is 0.556. The van der Waals surface area contributed by atoms with E-state index in [9.17, 15) is 9.59 Å². The average molecular weight is 294 g/mol. The Kier molecular flexibility index (Phi) is 3.10. The molecule has 0 heterocycles. The van der Waals surface area contributed by atoms with Crippen LogP contribution in [0.15, 0.2) is 9.66 Å². The van der Waals surface area contributed by atoms with Crippen molar-refractivity contribution in [1.29, 1.82) is 0 Å². The Labute approximate surface area is 90.7 Å². The lowest BCUT2D eigenvalue weighted by molar-refractivity contribution is -0.149. The van der Waals surface area contributed by atoms with Crippen molar-refractivity contribution in [2.45, 2.75) is 19.8 Å². The highest BCUT2D eigenvalue weighted by molar-refractivity contribution is 14.1. The maximum Gasteiger partial charge on any atom is 0.315 e. The summed E-state index contributed by atoms with van der Waals surface area (Å²) in [4.78, 5) is 22.5. The van der Waals surface area contributed by atoms with E-state index in [4.69, 9.17) is 0 Å². The molecule has 0 radical (unpaired) electrons. The van der Waals surface area contributed by atoms with Crippen molar-refractivity contribution in [3.8, 4) is 0 Å². The van der Waals surface area contributed by atoms with Crippen molar-refractivity contribution in [2.24, 2.45) is 5.41 Å². The molecule has 0 N–H and O–H groups in total. The quantitative estimate of drug-likeness (QED) is 0.547. The molecule has 1 atom stereocenters. The van der Waals surface area contributed by atoms with Gasteiger partial charge in [-0.05, 0) is 35.9 Å². The molecule has 0 spiro atoms. The van der Waals surface area contributed by atoms with Crippen molar-refractivity contribution in [3.63, 3.8) is 0 Å². The fourth-order valence-corrected chi connectivity index (χ4v) is 2.28. The lowest BCUT2D eigenvalue weighted by Gasteiger charge is -2.26. The van der Waals surface area contributed by atoms with E-state index in [1.807, 2.05) is 22.6 Å². The molecule has 0 saturated carbocycles. The van der Waals surface area contributed by atoms with E-state index in [2.05, 4.69) is 4.74 Å². The predicted molar refractivity (Wildman–Crippen MR) is 56.5 cm³/mol. The third kappa shape index (κ3) is 2.10. The minimum atomic E-state index is -0.612. The molecule has 1 aliphatic rings. The summed E-state index contributed by atoms with van der Waals surface area (Å²) in [6, 6.07) is 0. The van der Waals surface area contributed by atoms with E-state index in [-0.39, 0.29) is 11.8 Å². The molecule has 0 aromatic carbocycles. The van der Waals surface area contributed by atoms with E-state index in [0.29, 0.717) is 16.4 Å². The lowest BCUT2D eigenvalue weighted by Crippen LogP contribution is -2.31. The normalized spacial score (nSPS) is 28.2. The molecule has 1 aliphatic carbocycles. The number of rotatable bonds is 1. The number of allylic oxidation sites excluding steroid dienone is 1. The number of methoxy groups -OCH3 is 1. The van der Waals surface area contributed by atoms with Crippen molar-refractivity contribution >= 4 is 34.3 Å². The third-order valence-electron chi connectivity index (χ3n) is 2.23. The number of carbonyl (C=O) groups is 2. The first kappa shape index (κ1) is 10.7. The number of halogens is 1. The van der Waals surface area contributed by atoms with Crippen LogP contribution >= 0.6 is 22.6 Å². The Bertz CT molecular complexity index is 283. The number of Topliss-reactive ketones (excluding diaryl/α,β-unsaturated/α-hetero) is 1. The van der Waals surface area contributed by atoms with Gasteiger partial charge in [-0.3, -0.25) is 9.59 Å². The molecule has 0 aliphatic heterocycles. The fourth-order valence-electron chi connectivity index (χ4n) is 1.32. The minimum Gasteiger partial charge on any atom is -0.468 e. The lowest BCUT2D eigenvalue weighted by atomic mass is 9.80. The van der Waals surface area contributed by atoms with Crippen LogP contribution in [0.1, 0.15) is 19.8 Å². The van der Waals surface area contributed by atoms with E-state index >= 15 is 0 Å². The number of carbonyl (C=O) groups excluding carboxylic acids is 2. The summed E-state index contributed by atoms with van der Waals surface area (Å²) in [6.45, 7) is 1.80. The second-order valence-corrected chi connectivity index (χ2v) is 4.49. The number of hydrogen-bond acceptors (Lipinski definition) is 3. The summed E-state index contributed by atoms with van der Waals surface area (Å²) in [5.41, 5.74) is -0.612. The zero-order valence-electron chi connectivity index (χ0n) is 7.59. The SMILES string of the molecule is COC(=O)C1(C)C=C(I)C(=O)CC1. The van der Waals surface area contributed by atoms with Crippen LogP contribution in [0.5, 0.6) is 0 Å². The van der Waals surface area contributed by atoms with Crippen LogP contribution in [0.3, 0.4) is 0 Å². The molecule has 1 unspecified atom stereocenters. The summed E-state index contributed by atoms with van der Waals surface area (Å²) in [5.74, 6) is -0.156. The van der Waals surface area contributed by atoms with Crippen LogP contribution in [0.25, 0.3) is 0 Å². The van der Waals surface area contributed by atoms with Crippen molar-refractivity contribution in [2.75, 3.05) is 7.11 Å². The van der Waals surface area contributed by atoms with Gasteiger partial charge in [0.05, 0.1) is 16.1 Å². The first-order valence-corrected chi connectivity index (χ1v) is 5.07. The Morgan fingerprint density at radius 1 is 1.69 bits per heavy atom. The van der Waals surface area contributed by atoms with Gasteiger partial charge in [0, 0.05) is 6.42 Å². The van der Waals surface area contributed by atoms with Crippen LogP contribution < -0.4 is 0 Å². The standard InChI is InChI=1S/C9H11IO3/c1-9(8(12)13-2)4-3-7(11)6(10)5-9/h5H,3-4H2,1-2H3. The number of ether oxygens (including phenoxy) is 1. The van der Waals surface area contributed by atoms with Gasteiger partial charge in [0.2, 0.25) is 0 Å². The van der Waals surface area contributed by atoms with Crippen LogP contribution in [0, 0.1) is 5.41 Å². The number of esters is 1. The van der Waals surface area contributed by atoms with Gasteiger partial charge in [0.1, 0.15) is 0 Å². The highest BCUT2D eigenvalue weighted by atomic mass is 127. The largest absolute Gasteiger partial charge is 0.468 e. The molecule has 0 aromatic heterocycles. The van der Waals surface area contributed by atoms with Gasteiger partial charge in [-0.15, -0.1) is 0 Å². The molecule has 0 amide bonds. The molecule has 1 rings (SSSR count). The van der Waals surface area contributed by atoms with Crippen molar-refractivity contribution < 1.29 is 14.3 Å². The monoisotopic (exact) mass is 294 g/mol. The maximum absolute atomic E-state index is 11.4. The molecule has 0 aromatic rings. The van der Waals surface area contributed by atoms with E-state index in [1.54, 1.807) is 13.0 Å². The van der Waals surface area contributed by atoms with Crippen LogP contribution in [0.2, 0.25) is 0 Å². The summed E-state index contributed by atoms with van der Waals surface area (Å²) in [5, 5.41) is 0. The second-order valence-electron chi connectivity index (χ2n) is 3.32. The molecule has 3 nitrogen and oxygen atoms in total. The Balaban J connectivity index is 2.95. The molecule has 0 fully saturated rings. The maximum atomic E-state index is 11.4. The zero-order chi connectivity index (χ0) is 10.1. The first-order chi connectivity index (χ1) is 5.99. The zero-order valence-corrected chi connectivity index (χ0v) is 9.75. The number of hydrogen-bond donors (Lipinski definition) is 0. The molecule has 0 bridgehead atoms. The highest BCUT2D eigenvalue weighted by Gasteiger charge is 2.36. The average Bonchev–Trinajstić information content (AvgIpc) is 2.11. The molecule has 0 saturated heterocycles. The summed E-state index contributed by atoms with van der Waals surface area (Å²) >= 11 is 1.96. The second kappa shape index (κ2) is 3.77. The molecular weight excluding hydrogens is 283 g/mol. The van der Waals surface area contributed by atoms with Gasteiger partial charge in [0.25, 0.3) is 0 Å². The van der Waals surface area contributed by atoms with Gasteiger partial charge in [-0.1, -0.05) is 6.08 Å². The first-order valence-electron chi connectivity index (χ1n) is 3.99. The van der Waals surface area contributed by atoms with Gasteiger partial charge in [-0.25, -0.2) is 0 Å². The molecule has 13 heavy (non-hydrogen) atoms. The van der Waals surface area contributed by atoms with E-state index in [0.717, 1.165) is 0 Å². The summed E-state index contributed by atoms with van der Waals surface area (Å²) in [6.07, 6.45) is 2.68. The van der Waals surface area contributed by atoms with Gasteiger partial charge >= 0.3 is 5.97 Å². The smallest absolute Gasteiger partial charge is 0.315 e. The number of ketones is 1. The van der Waals surface area contributed by atoms with Crippen LogP contribution in [0.4, 0.5) is 0 Å². The van der Waals surface area contributed by atoms with Gasteiger partial charge in [-0.2, -0.15) is 0 Å². The molecule has 4 heteroatoms. The molecular formula is C9H11IO3. The van der Waals surface area contributed by atoms with Crippen LogP contribution in [-0.2, 0) is 14.3 Å². The van der Waals surface area contributed by atoms with Gasteiger partial charge in [0.15, 0.2) is 5.78 Å². The Morgan fingerprint density at radius 2 is 2.31 bits per heavy atom. The highest BCUT2D eigenvalue weighted by Crippen LogP contribution is 2.35. The third-order valence-corrected chi connectivity index (χ3v) is 3.15. The summed E-state index contributed by atoms with van der Waals surface area (Å²) in [7, 11) is 1.37. The minimum absolute atomic E-state index is 0.113.